The van der Waals surface area contributed by atoms with Crippen molar-refractivity contribution in [3.05, 3.63) is 36.0 Å². The van der Waals surface area contributed by atoms with Gasteiger partial charge in [0, 0.05) is 77.1 Å². The van der Waals surface area contributed by atoms with Gasteiger partial charge < -0.3 is 34.1 Å². The average molecular weight is 654 g/mol. The maximum absolute atomic E-state index is 14.5. The largest absolute Gasteiger partial charge is 0.444 e. The van der Waals surface area contributed by atoms with Crippen LogP contribution in [0.1, 0.15) is 72.3 Å². The molecule has 1 N–H and O–H groups in total. The Bertz CT molecular complexity index is 1410. The molecule has 11 heteroatoms. The van der Waals surface area contributed by atoms with Crippen LogP contribution in [0, 0.1) is 17.8 Å². The minimum absolute atomic E-state index is 0.0575. The molecule has 0 radical (unpaired) electrons. The number of likely N-dealkylation sites (N-methyl/N-ethyl adjacent to an activating group) is 1. The third-order valence-corrected chi connectivity index (χ3v) is 8.81. The van der Waals surface area contributed by atoms with Gasteiger partial charge in [-0.1, -0.05) is 32.0 Å². The molecule has 1 aromatic heterocycles. The Morgan fingerprint density at radius 2 is 1.72 bits per heavy atom. The summed E-state index contributed by atoms with van der Waals surface area (Å²) in [6.45, 7) is 11.6. The van der Waals surface area contributed by atoms with E-state index >= 15 is 0 Å². The summed E-state index contributed by atoms with van der Waals surface area (Å²) in [7, 11) is 5.05. The Labute approximate surface area is 279 Å². The summed E-state index contributed by atoms with van der Waals surface area (Å²) in [5.41, 5.74) is 1.46. The third-order valence-electron chi connectivity index (χ3n) is 8.81. The van der Waals surface area contributed by atoms with Crippen LogP contribution in [0.3, 0.4) is 0 Å². The quantitative estimate of drug-likeness (QED) is 0.315. The van der Waals surface area contributed by atoms with Crippen molar-refractivity contribution in [2.24, 2.45) is 17.8 Å². The van der Waals surface area contributed by atoms with E-state index in [2.05, 4.69) is 28.2 Å². The lowest BCUT2D eigenvalue weighted by Crippen LogP contribution is -2.55. The maximum atomic E-state index is 14.5. The van der Waals surface area contributed by atoms with Crippen molar-refractivity contribution in [1.82, 2.24) is 24.6 Å². The summed E-state index contributed by atoms with van der Waals surface area (Å²) >= 11 is 0. The normalized spacial score (nSPS) is 19.0. The Hall–Kier alpha value is -3.60. The lowest BCUT2D eigenvalue weighted by molar-refractivity contribution is -0.142. The second-order valence-electron chi connectivity index (χ2n) is 14.8. The molecule has 2 fully saturated rings. The molecule has 1 saturated carbocycles. The number of carbonyl (C=O) groups excluding carboxylic acids is 4. The molecule has 1 aliphatic heterocycles. The van der Waals surface area contributed by atoms with E-state index in [0.29, 0.717) is 19.6 Å². The van der Waals surface area contributed by atoms with Crippen molar-refractivity contribution < 1.29 is 28.7 Å². The monoisotopic (exact) mass is 653 g/mol. The van der Waals surface area contributed by atoms with E-state index in [9.17, 15) is 19.2 Å². The van der Waals surface area contributed by atoms with Crippen molar-refractivity contribution in [3.8, 4) is 0 Å². The summed E-state index contributed by atoms with van der Waals surface area (Å²) in [4.78, 5) is 59.5. The molecule has 1 aromatic carbocycles. The smallest absolute Gasteiger partial charge is 0.410 e. The van der Waals surface area contributed by atoms with Gasteiger partial charge in [-0.05, 0) is 70.4 Å². The molecule has 1 saturated heterocycles. The number of hydrogen-bond donors (Lipinski definition) is 1. The molecule has 2 aromatic rings. The molecule has 11 nitrogen and oxygen atoms in total. The number of carbonyl (C=O) groups is 4. The molecular formula is C36H55N5O6. The minimum atomic E-state index is -0.732. The van der Waals surface area contributed by atoms with Gasteiger partial charge in [-0.3, -0.25) is 14.4 Å². The number of piperidine rings is 1. The van der Waals surface area contributed by atoms with Crippen molar-refractivity contribution in [2.45, 2.75) is 97.5 Å². The number of ether oxygens (including phenoxy) is 2. The third kappa shape index (κ3) is 9.72. The van der Waals surface area contributed by atoms with Crippen LogP contribution in [0.4, 0.5) is 4.79 Å². The molecule has 4 amide bonds. The Kier molecular flexibility index (Phi) is 12.0. The van der Waals surface area contributed by atoms with Crippen LogP contribution in [-0.4, -0.2) is 102 Å². The molecule has 2 heterocycles. The number of methoxy groups -OCH3 is 1. The zero-order chi connectivity index (χ0) is 34.5. The minimum Gasteiger partial charge on any atom is -0.444 e. The molecule has 0 spiro atoms. The van der Waals surface area contributed by atoms with Gasteiger partial charge in [0.1, 0.15) is 11.6 Å². The molecule has 260 valence electrons. The van der Waals surface area contributed by atoms with Gasteiger partial charge in [0.05, 0.1) is 11.8 Å². The molecule has 2 unspecified atom stereocenters. The second kappa shape index (κ2) is 15.5. The lowest BCUT2D eigenvalue weighted by Gasteiger charge is -2.39. The summed E-state index contributed by atoms with van der Waals surface area (Å²) in [5, 5.41) is 4.08. The van der Waals surface area contributed by atoms with E-state index in [4.69, 9.17) is 9.47 Å². The highest BCUT2D eigenvalue weighted by molar-refractivity contribution is 5.90. The zero-order valence-corrected chi connectivity index (χ0v) is 29.6. The van der Waals surface area contributed by atoms with Crippen LogP contribution >= 0.6 is 0 Å². The van der Waals surface area contributed by atoms with Crippen LogP contribution in [0.25, 0.3) is 10.9 Å². The SMILES string of the molecule is COCCCn1cc(CN(C(=O)C2C[C@H](C(=O)NC(CC(C)C)C(=O)N(C)C)CN(C(=O)OC(C)(C)C)C2)C2CC2)c2ccccc21. The number of nitrogens with zero attached hydrogens (tertiary/aromatic N) is 4. The van der Waals surface area contributed by atoms with Crippen molar-refractivity contribution in [3.63, 3.8) is 0 Å². The van der Waals surface area contributed by atoms with Gasteiger partial charge in [-0.15, -0.1) is 0 Å². The van der Waals surface area contributed by atoms with Gasteiger partial charge in [-0.2, -0.15) is 0 Å². The van der Waals surface area contributed by atoms with Crippen LogP contribution in [0.2, 0.25) is 0 Å². The number of rotatable bonds is 13. The Morgan fingerprint density at radius 1 is 1.04 bits per heavy atom. The predicted octanol–water partition coefficient (Wildman–Crippen LogP) is 4.66. The fourth-order valence-corrected chi connectivity index (χ4v) is 6.44. The summed E-state index contributed by atoms with van der Waals surface area (Å²) in [6, 6.07) is 7.68. The van der Waals surface area contributed by atoms with Gasteiger partial charge in [0.2, 0.25) is 17.7 Å². The number of para-hydroxylation sites is 1. The van der Waals surface area contributed by atoms with E-state index in [1.54, 1.807) is 42.0 Å². The highest BCUT2D eigenvalue weighted by Crippen LogP contribution is 2.35. The highest BCUT2D eigenvalue weighted by atomic mass is 16.6. The first-order chi connectivity index (χ1) is 22.2. The van der Waals surface area contributed by atoms with Gasteiger partial charge in [-0.25, -0.2) is 4.79 Å². The van der Waals surface area contributed by atoms with Crippen molar-refractivity contribution >= 4 is 34.7 Å². The number of nitrogens with one attached hydrogen (secondary N) is 1. The molecule has 2 aliphatic rings. The van der Waals surface area contributed by atoms with Crippen LogP contribution in [-0.2, 0) is 36.9 Å². The standard InChI is InChI=1S/C36H55N5O6/c1-24(2)18-30(34(44)38(6)7)37-32(42)25-19-26(21-40(20-25)35(45)47-36(3,4)5)33(43)41(28-14-15-28)23-27-22-39(16-11-17-46-8)31-13-10-9-12-29(27)31/h9-10,12-13,22,24-26,28,30H,11,14-21,23H2,1-8H3,(H,37,42)/t25-,26?,30?/m0/s1. The molecular weight excluding hydrogens is 598 g/mol. The van der Waals surface area contributed by atoms with E-state index < -0.39 is 29.6 Å². The highest BCUT2D eigenvalue weighted by Gasteiger charge is 2.43. The fraction of sp³-hybridized carbons (Fsp3) is 0.667. The summed E-state index contributed by atoms with van der Waals surface area (Å²) < 4.78 is 13.2. The topological polar surface area (TPSA) is 113 Å². The molecule has 47 heavy (non-hydrogen) atoms. The number of likely N-dealkylation sites (tertiary alicyclic amines) is 1. The first-order valence-corrected chi connectivity index (χ1v) is 17.0. The van der Waals surface area contributed by atoms with E-state index in [1.165, 1.54) is 9.80 Å². The molecule has 4 rings (SSSR count). The van der Waals surface area contributed by atoms with Gasteiger partial charge in [0.25, 0.3) is 0 Å². The molecule has 3 atom stereocenters. The maximum Gasteiger partial charge on any atom is 0.410 e. The number of amides is 4. The fourth-order valence-electron chi connectivity index (χ4n) is 6.44. The first kappa shape index (κ1) is 36.2. The van der Waals surface area contributed by atoms with Crippen LogP contribution in [0.5, 0.6) is 0 Å². The van der Waals surface area contributed by atoms with Crippen molar-refractivity contribution in [1.29, 1.82) is 0 Å². The van der Waals surface area contributed by atoms with Crippen LogP contribution < -0.4 is 5.32 Å². The van der Waals surface area contributed by atoms with Gasteiger partial charge in [0.15, 0.2) is 0 Å². The number of aryl methyl sites for hydroxylation is 1. The average Bonchev–Trinajstić information content (AvgIpc) is 3.79. The second-order valence-corrected chi connectivity index (χ2v) is 14.8. The van der Waals surface area contributed by atoms with Crippen molar-refractivity contribution in [2.75, 3.05) is 40.9 Å². The summed E-state index contributed by atoms with van der Waals surface area (Å²) in [6.07, 6.45) is 5.10. The number of benzene rings is 1. The van der Waals surface area contributed by atoms with Gasteiger partial charge >= 0.3 is 6.09 Å². The number of hydrogen-bond acceptors (Lipinski definition) is 6. The van der Waals surface area contributed by atoms with E-state index in [1.807, 2.05) is 30.9 Å². The molecule has 0 bridgehead atoms. The number of fused-ring (bicyclic) bond motifs is 1. The zero-order valence-electron chi connectivity index (χ0n) is 29.6. The molecule has 1 aliphatic carbocycles. The van der Waals surface area contributed by atoms with E-state index in [0.717, 1.165) is 42.3 Å². The first-order valence-electron chi connectivity index (χ1n) is 17.0. The Balaban J connectivity index is 1.59. The van der Waals surface area contributed by atoms with Crippen LogP contribution in [0.15, 0.2) is 30.5 Å². The number of aromatic nitrogens is 1. The summed E-state index contributed by atoms with van der Waals surface area (Å²) in [5.74, 6) is -1.64. The van der Waals surface area contributed by atoms with E-state index in [-0.39, 0.29) is 49.2 Å². The predicted molar refractivity (Wildman–Crippen MR) is 181 cm³/mol. The lowest BCUT2D eigenvalue weighted by atomic mass is 9.87. The Morgan fingerprint density at radius 3 is 2.34 bits per heavy atom.